The zero-order chi connectivity index (χ0) is 26.9. The zero-order valence-corrected chi connectivity index (χ0v) is 21.6. The standard InChI is InChI=1S/C26H34O11/c1-29-21-15-25(23(31-3)13-19(21)17-27)36-11-9-34-7-5-33-6-8-35-10-12-37-26-16-22(30-2)20(18-28)14-24(26)32-4/h13-18H,5-12H2,1-4H3. The first-order valence-electron chi connectivity index (χ1n) is 11.5. The largest absolute Gasteiger partial charge is 0.496 e. The molecule has 0 atom stereocenters. The van der Waals surface area contributed by atoms with E-state index >= 15 is 0 Å². The average molecular weight is 523 g/mol. The molecule has 2 aromatic rings. The maximum Gasteiger partial charge on any atom is 0.165 e. The summed E-state index contributed by atoms with van der Waals surface area (Å²) in [6.07, 6.45) is 1.39. The molecule has 0 heterocycles. The third kappa shape index (κ3) is 9.45. The average Bonchev–Trinajstić information content (AvgIpc) is 2.94. The molecule has 0 unspecified atom stereocenters. The van der Waals surface area contributed by atoms with Crippen LogP contribution in [0.2, 0.25) is 0 Å². The minimum atomic E-state index is 0.289. The quantitative estimate of drug-likeness (QED) is 0.189. The second kappa shape index (κ2) is 17.0. The molecule has 204 valence electrons. The van der Waals surface area contributed by atoms with Crippen molar-refractivity contribution in [2.24, 2.45) is 0 Å². The van der Waals surface area contributed by atoms with E-state index in [9.17, 15) is 9.59 Å². The van der Waals surface area contributed by atoms with E-state index in [-0.39, 0.29) is 13.2 Å². The molecule has 0 saturated carbocycles. The van der Waals surface area contributed by atoms with E-state index in [0.717, 1.165) is 0 Å². The molecular weight excluding hydrogens is 488 g/mol. The molecule has 0 radical (unpaired) electrons. The van der Waals surface area contributed by atoms with Gasteiger partial charge in [0.15, 0.2) is 35.6 Å². The summed E-state index contributed by atoms with van der Waals surface area (Å²) < 4.78 is 48.7. The summed E-state index contributed by atoms with van der Waals surface area (Å²) in [4.78, 5) is 22.2. The van der Waals surface area contributed by atoms with E-state index in [1.54, 1.807) is 24.3 Å². The van der Waals surface area contributed by atoms with Crippen molar-refractivity contribution in [1.29, 1.82) is 0 Å². The Bertz CT molecular complexity index is 900. The van der Waals surface area contributed by atoms with Crippen LogP contribution in [-0.2, 0) is 14.2 Å². The highest BCUT2D eigenvalue weighted by Gasteiger charge is 2.13. The minimum Gasteiger partial charge on any atom is -0.496 e. The summed E-state index contributed by atoms with van der Waals surface area (Å²) in [6.45, 7) is 2.89. The van der Waals surface area contributed by atoms with Gasteiger partial charge in [0.05, 0.1) is 79.2 Å². The Hall–Kier alpha value is -3.54. The summed E-state index contributed by atoms with van der Waals surface area (Å²) in [5.41, 5.74) is 0.755. The van der Waals surface area contributed by atoms with E-state index in [1.165, 1.54) is 28.4 Å². The fourth-order valence-electron chi connectivity index (χ4n) is 3.16. The molecule has 0 fully saturated rings. The van der Waals surface area contributed by atoms with Crippen molar-refractivity contribution in [3.8, 4) is 34.5 Å². The highest BCUT2D eigenvalue weighted by molar-refractivity contribution is 5.82. The Morgan fingerprint density at radius 2 is 0.784 bits per heavy atom. The molecule has 0 N–H and O–H groups in total. The van der Waals surface area contributed by atoms with Gasteiger partial charge in [-0.1, -0.05) is 0 Å². The highest BCUT2D eigenvalue weighted by Crippen LogP contribution is 2.35. The predicted molar refractivity (Wildman–Crippen MR) is 133 cm³/mol. The molecule has 0 aromatic heterocycles. The van der Waals surface area contributed by atoms with Crippen LogP contribution in [-0.4, -0.2) is 93.9 Å². The van der Waals surface area contributed by atoms with E-state index in [1.807, 2.05) is 0 Å². The number of methoxy groups -OCH3 is 4. The van der Waals surface area contributed by atoms with Crippen LogP contribution in [0.25, 0.3) is 0 Å². The van der Waals surface area contributed by atoms with Gasteiger partial charge in [0.25, 0.3) is 0 Å². The fraction of sp³-hybridized carbons (Fsp3) is 0.462. The van der Waals surface area contributed by atoms with E-state index in [2.05, 4.69) is 0 Å². The monoisotopic (exact) mass is 522 g/mol. The normalized spacial score (nSPS) is 10.5. The van der Waals surface area contributed by atoms with Crippen molar-refractivity contribution in [2.75, 3.05) is 81.3 Å². The third-order valence-electron chi connectivity index (χ3n) is 5.00. The molecule has 0 aliphatic rings. The molecule has 0 aliphatic carbocycles. The predicted octanol–water partition coefficient (Wildman–Crippen LogP) is 2.85. The van der Waals surface area contributed by atoms with E-state index < -0.39 is 0 Å². The number of aldehydes is 2. The maximum atomic E-state index is 11.1. The summed E-state index contributed by atoms with van der Waals surface area (Å²) in [5, 5.41) is 0. The lowest BCUT2D eigenvalue weighted by atomic mass is 10.2. The van der Waals surface area contributed by atoms with E-state index in [0.29, 0.717) is 97.8 Å². The first kappa shape index (κ1) is 29.7. The number of hydrogen-bond donors (Lipinski definition) is 0. The topological polar surface area (TPSA) is 117 Å². The highest BCUT2D eigenvalue weighted by atomic mass is 16.6. The molecule has 0 amide bonds. The van der Waals surface area contributed by atoms with Gasteiger partial charge in [-0.05, 0) is 12.1 Å². The van der Waals surface area contributed by atoms with Gasteiger partial charge in [-0.15, -0.1) is 0 Å². The van der Waals surface area contributed by atoms with Crippen molar-refractivity contribution in [2.45, 2.75) is 0 Å². The van der Waals surface area contributed by atoms with Crippen LogP contribution in [0.15, 0.2) is 24.3 Å². The van der Waals surface area contributed by atoms with Crippen molar-refractivity contribution >= 4 is 12.6 Å². The molecule has 0 saturated heterocycles. The molecule has 2 aromatic carbocycles. The number of rotatable bonds is 20. The summed E-state index contributed by atoms with van der Waals surface area (Å²) in [6, 6.07) is 6.33. The van der Waals surface area contributed by atoms with E-state index in [4.69, 9.17) is 42.6 Å². The van der Waals surface area contributed by atoms with Gasteiger partial charge in [-0.2, -0.15) is 0 Å². The van der Waals surface area contributed by atoms with Gasteiger partial charge in [-0.25, -0.2) is 0 Å². The number of carbonyl (C=O) groups is 2. The molecule has 0 bridgehead atoms. The Morgan fingerprint density at radius 1 is 0.459 bits per heavy atom. The third-order valence-corrected chi connectivity index (χ3v) is 5.00. The van der Waals surface area contributed by atoms with Crippen molar-refractivity contribution in [3.63, 3.8) is 0 Å². The Labute approximate surface area is 216 Å². The van der Waals surface area contributed by atoms with Crippen molar-refractivity contribution in [1.82, 2.24) is 0 Å². The number of carbonyl (C=O) groups excluding carboxylic acids is 2. The first-order valence-corrected chi connectivity index (χ1v) is 11.5. The zero-order valence-electron chi connectivity index (χ0n) is 21.6. The SMILES string of the molecule is COc1cc(OCCOCCOCCOCCOc2cc(OC)c(C=O)cc2OC)c(OC)cc1C=O. The van der Waals surface area contributed by atoms with Gasteiger partial charge in [-0.3, -0.25) is 9.59 Å². The maximum absolute atomic E-state index is 11.1. The van der Waals surface area contributed by atoms with Gasteiger partial charge >= 0.3 is 0 Å². The second-order valence-electron chi connectivity index (χ2n) is 7.26. The van der Waals surface area contributed by atoms with Crippen LogP contribution in [0.3, 0.4) is 0 Å². The molecular formula is C26H34O11. The van der Waals surface area contributed by atoms with Crippen LogP contribution in [0.5, 0.6) is 34.5 Å². The van der Waals surface area contributed by atoms with Crippen LogP contribution in [0.1, 0.15) is 20.7 Å². The van der Waals surface area contributed by atoms with Crippen molar-refractivity contribution < 1.29 is 52.2 Å². The minimum absolute atomic E-state index is 0.289. The van der Waals surface area contributed by atoms with Crippen LogP contribution >= 0.6 is 0 Å². The summed E-state index contributed by atoms with van der Waals surface area (Å²) in [5.74, 6) is 2.60. The molecule has 11 heteroatoms. The number of ether oxygens (including phenoxy) is 9. The molecule has 11 nitrogen and oxygen atoms in total. The van der Waals surface area contributed by atoms with Gasteiger partial charge < -0.3 is 42.6 Å². The second-order valence-corrected chi connectivity index (χ2v) is 7.26. The fourth-order valence-corrected chi connectivity index (χ4v) is 3.16. The first-order chi connectivity index (χ1) is 18.1. The van der Waals surface area contributed by atoms with Gasteiger partial charge in [0.1, 0.15) is 24.7 Å². The van der Waals surface area contributed by atoms with Crippen LogP contribution < -0.4 is 28.4 Å². The number of hydrogen-bond acceptors (Lipinski definition) is 11. The molecule has 0 aliphatic heterocycles. The molecule has 2 rings (SSSR count). The lowest BCUT2D eigenvalue weighted by Crippen LogP contribution is -2.14. The van der Waals surface area contributed by atoms with Crippen LogP contribution in [0, 0.1) is 0 Å². The Kier molecular flexibility index (Phi) is 13.6. The van der Waals surface area contributed by atoms with Crippen molar-refractivity contribution in [3.05, 3.63) is 35.4 Å². The van der Waals surface area contributed by atoms with Crippen LogP contribution in [0.4, 0.5) is 0 Å². The Morgan fingerprint density at radius 3 is 1.08 bits per heavy atom. The molecule has 0 spiro atoms. The number of benzene rings is 2. The Balaban J connectivity index is 1.54. The lowest BCUT2D eigenvalue weighted by Gasteiger charge is -2.14. The van der Waals surface area contributed by atoms with Gasteiger partial charge in [0.2, 0.25) is 0 Å². The smallest absolute Gasteiger partial charge is 0.165 e. The molecule has 37 heavy (non-hydrogen) atoms. The lowest BCUT2D eigenvalue weighted by molar-refractivity contribution is 0.00477. The summed E-state index contributed by atoms with van der Waals surface area (Å²) in [7, 11) is 5.95. The van der Waals surface area contributed by atoms with Gasteiger partial charge in [0, 0.05) is 12.1 Å². The summed E-state index contributed by atoms with van der Waals surface area (Å²) >= 11 is 0.